The number of aliphatic hydroxyl groups is 1. The number of phenolic OH excluding ortho intramolecular Hbond substituents is 1. The molecule has 0 amide bonds. The monoisotopic (exact) mass is 313 g/mol. The summed E-state index contributed by atoms with van der Waals surface area (Å²) in [6, 6.07) is 5.44. The lowest BCUT2D eigenvalue weighted by Crippen LogP contribution is -2.34. The molecule has 0 atom stereocenters. The molecule has 1 aromatic carbocycles. The second-order valence-corrected chi connectivity index (χ2v) is 6.16. The highest BCUT2D eigenvalue weighted by atomic mass is 79.9. The van der Waals surface area contributed by atoms with Crippen LogP contribution >= 0.6 is 15.9 Å². The average Bonchev–Trinajstić information content (AvgIpc) is 2.83. The van der Waals surface area contributed by atoms with Gasteiger partial charge < -0.3 is 15.5 Å². The van der Waals surface area contributed by atoms with Crippen molar-refractivity contribution >= 4 is 15.9 Å². The van der Waals surface area contributed by atoms with Crippen molar-refractivity contribution in [1.29, 1.82) is 0 Å². The Morgan fingerprint density at radius 2 is 2.00 bits per heavy atom. The Morgan fingerprint density at radius 3 is 2.67 bits per heavy atom. The minimum atomic E-state index is 0.0572. The van der Waals surface area contributed by atoms with Crippen LogP contribution in [-0.4, -0.2) is 23.4 Å². The van der Waals surface area contributed by atoms with E-state index in [1.54, 1.807) is 6.07 Å². The summed E-state index contributed by atoms with van der Waals surface area (Å²) < 4.78 is 0.967. The van der Waals surface area contributed by atoms with Crippen LogP contribution in [0.4, 0.5) is 0 Å². The fraction of sp³-hybridized carbons (Fsp3) is 0.571. The van der Waals surface area contributed by atoms with Gasteiger partial charge in [-0.2, -0.15) is 0 Å². The number of nitrogens with one attached hydrogen (secondary N) is 1. The molecule has 3 nitrogen and oxygen atoms in total. The van der Waals surface area contributed by atoms with Gasteiger partial charge in [-0.15, -0.1) is 0 Å². The summed E-state index contributed by atoms with van der Waals surface area (Å²) in [7, 11) is 0. The van der Waals surface area contributed by atoms with Gasteiger partial charge in [-0.3, -0.25) is 0 Å². The van der Waals surface area contributed by atoms with E-state index in [0.29, 0.717) is 12.3 Å². The summed E-state index contributed by atoms with van der Waals surface area (Å²) in [5.41, 5.74) is 0.942. The number of rotatable bonds is 5. The van der Waals surface area contributed by atoms with E-state index >= 15 is 0 Å². The lowest BCUT2D eigenvalue weighted by molar-refractivity contribution is 0.128. The Hall–Kier alpha value is -0.580. The highest BCUT2D eigenvalue weighted by Gasteiger charge is 2.32. The zero-order valence-corrected chi connectivity index (χ0v) is 12.0. The number of hydrogen-bond acceptors (Lipinski definition) is 3. The molecular weight excluding hydrogens is 294 g/mol. The first-order valence-electron chi connectivity index (χ1n) is 6.44. The Bertz CT molecular complexity index is 403. The molecule has 100 valence electrons. The molecule has 2 rings (SSSR count). The third-order valence-corrected chi connectivity index (χ3v) is 4.35. The van der Waals surface area contributed by atoms with Crippen molar-refractivity contribution in [1.82, 2.24) is 5.32 Å². The molecule has 0 aromatic heterocycles. The predicted molar refractivity (Wildman–Crippen MR) is 75.5 cm³/mol. The SMILES string of the molecule is OCC1(CNCc2cc(Br)ccc2O)CCCC1. The molecule has 1 saturated carbocycles. The number of phenols is 1. The normalized spacial score (nSPS) is 18.1. The summed E-state index contributed by atoms with van der Waals surface area (Å²) >= 11 is 3.40. The van der Waals surface area contributed by atoms with E-state index in [-0.39, 0.29) is 12.0 Å². The molecule has 0 heterocycles. The smallest absolute Gasteiger partial charge is 0.120 e. The van der Waals surface area contributed by atoms with Crippen molar-refractivity contribution in [3.63, 3.8) is 0 Å². The number of hydrogen-bond donors (Lipinski definition) is 3. The molecule has 1 aliphatic rings. The largest absolute Gasteiger partial charge is 0.508 e. The average molecular weight is 314 g/mol. The maximum atomic E-state index is 9.74. The van der Waals surface area contributed by atoms with E-state index in [0.717, 1.165) is 29.4 Å². The van der Waals surface area contributed by atoms with E-state index in [4.69, 9.17) is 0 Å². The van der Waals surface area contributed by atoms with E-state index < -0.39 is 0 Å². The number of aliphatic hydroxyl groups excluding tert-OH is 1. The van der Waals surface area contributed by atoms with Crippen LogP contribution in [0, 0.1) is 5.41 Å². The molecule has 1 aromatic rings. The van der Waals surface area contributed by atoms with Crippen molar-refractivity contribution in [3.05, 3.63) is 28.2 Å². The van der Waals surface area contributed by atoms with Crippen molar-refractivity contribution in [2.45, 2.75) is 32.2 Å². The minimum Gasteiger partial charge on any atom is -0.508 e. The van der Waals surface area contributed by atoms with Crippen molar-refractivity contribution in [3.8, 4) is 5.75 Å². The highest BCUT2D eigenvalue weighted by molar-refractivity contribution is 9.10. The van der Waals surface area contributed by atoms with Gasteiger partial charge >= 0.3 is 0 Å². The van der Waals surface area contributed by atoms with Crippen LogP contribution in [0.1, 0.15) is 31.2 Å². The van der Waals surface area contributed by atoms with Gasteiger partial charge in [-0.1, -0.05) is 28.8 Å². The van der Waals surface area contributed by atoms with Crippen LogP contribution in [-0.2, 0) is 6.54 Å². The molecule has 3 N–H and O–H groups in total. The van der Waals surface area contributed by atoms with Crippen LogP contribution in [0.2, 0.25) is 0 Å². The van der Waals surface area contributed by atoms with Gasteiger partial charge in [0.1, 0.15) is 5.75 Å². The summed E-state index contributed by atoms with van der Waals surface area (Å²) in [5, 5.41) is 22.6. The summed E-state index contributed by atoms with van der Waals surface area (Å²) in [6.45, 7) is 1.70. The Balaban J connectivity index is 1.89. The zero-order chi connectivity index (χ0) is 13.0. The Morgan fingerprint density at radius 1 is 1.28 bits per heavy atom. The summed E-state index contributed by atoms with van der Waals surface area (Å²) in [4.78, 5) is 0. The first kappa shape index (κ1) is 13.8. The lowest BCUT2D eigenvalue weighted by atomic mass is 9.87. The van der Waals surface area contributed by atoms with E-state index in [9.17, 15) is 10.2 Å². The van der Waals surface area contributed by atoms with Gasteiger partial charge in [0.15, 0.2) is 0 Å². The summed E-state index contributed by atoms with van der Waals surface area (Å²) in [5.74, 6) is 0.315. The second-order valence-electron chi connectivity index (χ2n) is 5.24. The number of benzene rings is 1. The van der Waals surface area contributed by atoms with Gasteiger partial charge in [0.25, 0.3) is 0 Å². The van der Waals surface area contributed by atoms with E-state index in [1.807, 2.05) is 12.1 Å². The number of halogens is 1. The maximum absolute atomic E-state index is 9.74. The maximum Gasteiger partial charge on any atom is 0.120 e. The van der Waals surface area contributed by atoms with Crippen LogP contribution in [0.5, 0.6) is 5.75 Å². The van der Waals surface area contributed by atoms with Crippen LogP contribution in [0.25, 0.3) is 0 Å². The van der Waals surface area contributed by atoms with Crippen LogP contribution < -0.4 is 5.32 Å². The van der Waals surface area contributed by atoms with Gasteiger partial charge in [0, 0.05) is 35.1 Å². The zero-order valence-electron chi connectivity index (χ0n) is 10.5. The van der Waals surface area contributed by atoms with E-state index in [2.05, 4.69) is 21.2 Å². The van der Waals surface area contributed by atoms with Gasteiger partial charge in [0.2, 0.25) is 0 Å². The predicted octanol–water partition coefficient (Wildman–Crippen LogP) is 2.80. The second kappa shape index (κ2) is 6.04. The third kappa shape index (κ3) is 3.25. The molecule has 4 heteroatoms. The Kier molecular flexibility index (Phi) is 4.65. The first-order chi connectivity index (χ1) is 8.65. The van der Waals surface area contributed by atoms with Gasteiger partial charge in [-0.05, 0) is 31.0 Å². The Labute approximate surface area is 116 Å². The molecule has 0 aliphatic heterocycles. The molecule has 0 radical (unpaired) electrons. The van der Waals surface area contributed by atoms with Gasteiger partial charge in [0.05, 0.1) is 0 Å². The van der Waals surface area contributed by atoms with Crippen molar-refractivity contribution in [2.75, 3.05) is 13.2 Å². The number of aromatic hydroxyl groups is 1. The molecule has 1 fully saturated rings. The molecule has 0 bridgehead atoms. The standard InChI is InChI=1S/C14H20BrNO2/c15-12-3-4-13(18)11(7-12)8-16-9-14(10-17)5-1-2-6-14/h3-4,7,16-18H,1-2,5-6,8-10H2. The van der Waals surface area contributed by atoms with Gasteiger partial charge in [-0.25, -0.2) is 0 Å². The summed E-state index contributed by atoms with van der Waals surface area (Å²) in [6.07, 6.45) is 4.62. The minimum absolute atomic E-state index is 0.0572. The molecular formula is C14H20BrNO2. The van der Waals surface area contributed by atoms with Crippen molar-refractivity contribution < 1.29 is 10.2 Å². The first-order valence-corrected chi connectivity index (χ1v) is 7.23. The molecule has 0 saturated heterocycles. The van der Waals surface area contributed by atoms with E-state index in [1.165, 1.54) is 12.8 Å². The fourth-order valence-electron chi connectivity index (χ4n) is 2.67. The van der Waals surface area contributed by atoms with Crippen LogP contribution in [0.3, 0.4) is 0 Å². The lowest BCUT2D eigenvalue weighted by Gasteiger charge is -2.26. The molecule has 18 heavy (non-hydrogen) atoms. The fourth-order valence-corrected chi connectivity index (χ4v) is 3.08. The molecule has 0 spiro atoms. The highest BCUT2D eigenvalue weighted by Crippen LogP contribution is 2.37. The quantitative estimate of drug-likeness (QED) is 0.783. The molecule has 1 aliphatic carbocycles. The molecule has 0 unspecified atom stereocenters. The third-order valence-electron chi connectivity index (χ3n) is 3.86. The topological polar surface area (TPSA) is 52.5 Å². The van der Waals surface area contributed by atoms with Crippen LogP contribution in [0.15, 0.2) is 22.7 Å². The van der Waals surface area contributed by atoms with Crippen molar-refractivity contribution in [2.24, 2.45) is 5.41 Å².